The summed E-state index contributed by atoms with van der Waals surface area (Å²) in [5.74, 6) is -1.71. The number of hydrogen-bond acceptors (Lipinski definition) is 2. The summed E-state index contributed by atoms with van der Waals surface area (Å²) < 4.78 is 0. The van der Waals surface area contributed by atoms with E-state index in [0.29, 0.717) is 0 Å². The molecule has 1 amide bonds. The topological polar surface area (TPSA) is 66.4 Å². The number of nitrogens with one attached hydrogen (secondary N) is 1. The van der Waals surface area contributed by atoms with Gasteiger partial charge in [-0.3, -0.25) is 9.59 Å². The van der Waals surface area contributed by atoms with Gasteiger partial charge in [0.05, 0.1) is 11.8 Å². The summed E-state index contributed by atoms with van der Waals surface area (Å²) in [4.78, 5) is 23.1. The van der Waals surface area contributed by atoms with Gasteiger partial charge in [-0.25, -0.2) is 0 Å². The van der Waals surface area contributed by atoms with Crippen molar-refractivity contribution in [3.8, 4) is 0 Å². The van der Waals surface area contributed by atoms with E-state index in [1.165, 1.54) is 0 Å². The van der Waals surface area contributed by atoms with E-state index in [9.17, 15) is 14.7 Å². The third-order valence-electron chi connectivity index (χ3n) is 3.48. The Labute approximate surface area is 94.7 Å². The lowest BCUT2D eigenvalue weighted by Crippen LogP contribution is -2.42. The highest BCUT2D eigenvalue weighted by Crippen LogP contribution is 2.48. The summed E-state index contributed by atoms with van der Waals surface area (Å²) in [5, 5.41) is 12.0. The highest BCUT2D eigenvalue weighted by molar-refractivity contribution is 5.86. The maximum Gasteiger partial charge on any atom is 0.307 e. The van der Waals surface area contributed by atoms with E-state index in [-0.39, 0.29) is 29.7 Å². The molecule has 1 fully saturated rings. The Morgan fingerprint density at radius 2 is 1.81 bits per heavy atom. The van der Waals surface area contributed by atoms with Crippen LogP contribution in [0.4, 0.5) is 0 Å². The van der Waals surface area contributed by atoms with Crippen LogP contribution >= 0.6 is 0 Å². The smallest absolute Gasteiger partial charge is 0.307 e. The van der Waals surface area contributed by atoms with Crippen LogP contribution in [0.5, 0.6) is 0 Å². The number of aliphatic carboxylic acids is 1. The molecule has 0 saturated heterocycles. The molecule has 2 N–H and O–H groups in total. The fourth-order valence-corrected chi connectivity index (χ4v) is 2.90. The van der Waals surface area contributed by atoms with Gasteiger partial charge in [0.15, 0.2) is 0 Å². The standard InChI is InChI=1S/C12H17NO3/c1-6(2)13-11(14)9-7-3-4-8(5-7)10(9)12(15)16/h3-4,6-10H,5H2,1-2H3,(H,13,14)(H,15,16). The van der Waals surface area contributed by atoms with Gasteiger partial charge in [-0.1, -0.05) is 12.2 Å². The zero-order valence-corrected chi connectivity index (χ0v) is 9.51. The normalized spacial score (nSPS) is 35.7. The summed E-state index contributed by atoms with van der Waals surface area (Å²) in [7, 11) is 0. The molecule has 0 spiro atoms. The van der Waals surface area contributed by atoms with Gasteiger partial charge >= 0.3 is 5.97 Å². The molecule has 2 bridgehead atoms. The van der Waals surface area contributed by atoms with Crippen molar-refractivity contribution in [1.29, 1.82) is 0 Å². The second-order valence-corrected chi connectivity index (χ2v) is 5.00. The molecular weight excluding hydrogens is 206 g/mol. The predicted octanol–water partition coefficient (Wildman–Crippen LogP) is 1.03. The zero-order valence-electron chi connectivity index (χ0n) is 9.51. The first-order chi connectivity index (χ1) is 7.50. The number of rotatable bonds is 3. The largest absolute Gasteiger partial charge is 0.481 e. The second-order valence-electron chi connectivity index (χ2n) is 5.00. The van der Waals surface area contributed by atoms with Gasteiger partial charge in [0.25, 0.3) is 0 Å². The average Bonchev–Trinajstić information content (AvgIpc) is 2.74. The van der Waals surface area contributed by atoms with Crippen LogP contribution in [0.2, 0.25) is 0 Å². The minimum Gasteiger partial charge on any atom is -0.481 e. The molecule has 0 radical (unpaired) electrons. The quantitative estimate of drug-likeness (QED) is 0.702. The summed E-state index contributed by atoms with van der Waals surface area (Å²) in [6, 6.07) is 0.0602. The van der Waals surface area contributed by atoms with Crippen molar-refractivity contribution in [1.82, 2.24) is 5.32 Å². The average molecular weight is 223 g/mol. The van der Waals surface area contributed by atoms with Gasteiger partial charge in [-0.05, 0) is 32.1 Å². The molecule has 88 valence electrons. The van der Waals surface area contributed by atoms with Crippen LogP contribution in [-0.4, -0.2) is 23.0 Å². The van der Waals surface area contributed by atoms with Crippen LogP contribution in [0.15, 0.2) is 12.2 Å². The molecule has 0 aromatic rings. The van der Waals surface area contributed by atoms with Crippen LogP contribution in [0, 0.1) is 23.7 Å². The number of carbonyl (C=O) groups is 2. The molecule has 2 aliphatic rings. The van der Waals surface area contributed by atoms with Crippen molar-refractivity contribution in [2.45, 2.75) is 26.3 Å². The molecule has 0 heterocycles. The van der Waals surface area contributed by atoms with Crippen molar-refractivity contribution >= 4 is 11.9 Å². The molecule has 0 aromatic carbocycles. The Balaban J connectivity index is 2.16. The molecule has 4 heteroatoms. The summed E-state index contributed by atoms with van der Waals surface area (Å²) in [5.41, 5.74) is 0. The molecule has 4 nitrogen and oxygen atoms in total. The predicted molar refractivity (Wildman–Crippen MR) is 58.6 cm³/mol. The van der Waals surface area contributed by atoms with Crippen molar-refractivity contribution in [2.24, 2.45) is 23.7 Å². The fraction of sp³-hybridized carbons (Fsp3) is 0.667. The van der Waals surface area contributed by atoms with Crippen molar-refractivity contribution in [3.05, 3.63) is 12.2 Å². The molecule has 4 unspecified atom stereocenters. The summed E-state index contributed by atoms with van der Waals surface area (Å²) in [6.07, 6.45) is 4.75. The van der Waals surface area contributed by atoms with E-state index in [1.54, 1.807) is 0 Å². The van der Waals surface area contributed by atoms with Gasteiger partial charge in [-0.15, -0.1) is 0 Å². The van der Waals surface area contributed by atoms with Gasteiger partial charge in [0, 0.05) is 6.04 Å². The van der Waals surface area contributed by atoms with Crippen LogP contribution in [0.3, 0.4) is 0 Å². The molecule has 16 heavy (non-hydrogen) atoms. The number of fused-ring (bicyclic) bond motifs is 2. The number of allylic oxidation sites excluding steroid dienone is 2. The highest BCUT2D eigenvalue weighted by Gasteiger charge is 2.51. The monoisotopic (exact) mass is 223 g/mol. The first-order valence-electron chi connectivity index (χ1n) is 5.72. The van der Waals surface area contributed by atoms with Crippen LogP contribution in [0.25, 0.3) is 0 Å². The van der Waals surface area contributed by atoms with Gasteiger partial charge < -0.3 is 10.4 Å². The number of hydrogen-bond donors (Lipinski definition) is 2. The van der Waals surface area contributed by atoms with Crippen LogP contribution in [-0.2, 0) is 9.59 Å². The van der Waals surface area contributed by atoms with Gasteiger partial charge in [0.1, 0.15) is 0 Å². The third-order valence-corrected chi connectivity index (χ3v) is 3.48. The minimum atomic E-state index is -0.847. The minimum absolute atomic E-state index is 0.0467. The fourth-order valence-electron chi connectivity index (χ4n) is 2.90. The number of carboxylic acid groups (broad SMARTS) is 1. The summed E-state index contributed by atoms with van der Waals surface area (Å²) >= 11 is 0. The first kappa shape index (κ1) is 11.2. The van der Waals surface area contributed by atoms with E-state index in [4.69, 9.17) is 0 Å². The second kappa shape index (κ2) is 3.92. The molecule has 2 rings (SSSR count). The Bertz CT molecular complexity index is 348. The molecular formula is C12H17NO3. The molecule has 0 aromatic heterocycles. The van der Waals surface area contributed by atoms with E-state index in [0.717, 1.165) is 6.42 Å². The van der Waals surface area contributed by atoms with Crippen LogP contribution in [0.1, 0.15) is 20.3 Å². The van der Waals surface area contributed by atoms with Crippen LogP contribution < -0.4 is 5.32 Å². The Hall–Kier alpha value is -1.32. The molecule has 0 aliphatic heterocycles. The lowest BCUT2D eigenvalue weighted by atomic mass is 9.82. The van der Waals surface area contributed by atoms with E-state index < -0.39 is 11.9 Å². The Kier molecular flexibility index (Phi) is 2.74. The molecule has 1 saturated carbocycles. The van der Waals surface area contributed by atoms with Gasteiger partial charge in [-0.2, -0.15) is 0 Å². The van der Waals surface area contributed by atoms with E-state index in [2.05, 4.69) is 5.32 Å². The molecule has 2 aliphatic carbocycles. The van der Waals surface area contributed by atoms with E-state index >= 15 is 0 Å². The van der Waals surface area contributed by atoms with Gasteiger partial charge in [0.2, 0.25) is 5.91 Å². The zero-order chi connectivity index (χ0) is 11.9. The molecule has 4 atom stereocenters. The SMILES string of the molecule is CC(C)NC(=O)C1C2C=CC(C2)C1C(=O)O. The van der Waals surface area contributed by atoms with E-state index in [1.807, 2.05) is 26.0 Å². The maximum atomic E-state index is 12.0. The van der Waals surface area contributed by atoms with Crippen molar-refractivity contribution in [2.75, 3.05) is 0 Å². The van der Waals surface area contributed by atoms with Crippen molar-refractivity contribution in [3.63, 3.8) is 0 Å². The lowest BCUT2D eigenvalue weighted by Gasteiger charge is -2.24. The third kappa shape index (κ3) is 1.72. The highest BCUT2D eigenvalue weighted by atomic mass is 16.4. The Morgan fingerprint density at radius 1 is 1.25 bits per heavy atom. The number of carbonyl (C=O) groups excluding carboxylic acids is 1. The Morgan fingerprint density at radius 3 is 2.31 bits per heavy atom. The number of carboxylic acids is 1. The summed E-state index contributed by atoms with van der Waals surface area (Å²) in [6.45, 7) is 3.77. The number of amides is 1. The lowest BCUT2D eigenvalue weighted by molar-refractivity contribution is -0.147. The maximum absolute atomic E-state index is 12.0. The van der Waals surface area contributed by atoms with Crippen molar-refractivity contribution < 1.29 is 14.7 Å². The first-order valence-corrected chi connectivity index (χ1v) is 5.72.